The topological polar surface area (TPSA) is 51.2 Å². The van der Waals surface area contributed by atoms with Crippen LogP contribution in [-0.2, 0) is 13.0 Å². The number of aromatic nitrogens is 2. The molecule has 1 aliphatic heterocycles. The van der Waals surface area contributed by atoms with E-state index in [1.54, 1.807) is 0 Å². The molecule has 0 fully saturated rings. The number of rotatable bonds is 1. The Labute approximate surface area is 101 Å². The van der Waals surface area contributed by atoms with Crippen LogP contribution in [-0.4, -0.2) is 20.8 Å². The van der Waals surface area contributed by atoms with Gasteiger partial charge in [0, 0.05) is 24.9 Å². The molecule has 16 heavy (non-hydrogen) atoms. The molecule has 5 heteroatoms. The minimum atomic E-state index is -0.236. The fraction of sp³-hybridized carbons (Fsp3) is 0.364. The van der Waals surface area contributed by atoms with E-state index in [0.29, 0.717) is 11.1 Å². The third kappa shape index (κ3) is 1.60. The first kappa shape index (κ1) is 10.1. The summed E-state index contributed by atoms with van der Waals surface area (Å²) in [6, 6.07) is 3.75. The van der Waals surface area contributed by atoms with Gasteiger partial charge in [-0.3, -0.25) is 0 Å². The molecular formula is C11H11BrN2O2. The van der Waals surface area contributed by atoms with E-state index in [1.807, 2.05) is 18.3 Å². The second-order valence-electron chi connectivity index (χ2n) is 3.98. The zero-order chi connectivity index (χ0) is 11.1. The molecule has 1 atom stereocenters. The Morgan fingerprint density at radius 3 is 3.12 bits per heavy atom. The van der Waals surface area contributed by atoms with Crippen LogP contribution in [0.15, 0.2) is 27.4 Å². The second kappa shape index (κ2) is 3.75. The number of imidazole rings is 1. The van der Waals surface area contributed by atoms with Gasteiger partial charge in [-0.25, -0.2) is 4.98 Å². The molecule has 0 saturated carbocycles. The van der Waals surface area contributed by atoms with E-state index < -0.39 is 0 Å². The van der Waals surface area contributed by atoms with Gasteiger partial charge in [0.2, 0.25) is 0 Å². The van der Waals surface area contributed by atoms with Crippen LogP contribution in [0.25, 0.3) is 11.6 Å². The average Bonchev–Trinajstić information content (AvgIpc) is 2.83. The molecule has 3 heterocycles. The summed E-state index contributed by atoms with van der Waals surface area (Å²) in [4.78, 5) is 4.35. The van der Waals surface area contributed by atoms with Crippen LogP contribution in [0.1, 0.15) is 12.1 Å². The lowest BCUT2D eigenvalue weighted by atomic mass is 10.1. The Balaban J connectivity index is 2.03. The molecule has 0 spiro atoms. The van der Waals surface area contributed by atoms with Gasteiger partial charge in [0.25, 0.3) is 0 Å². The number of furan rings is 1. The lowest BCUT2D eigenvalue weighted by Gasteiger charge is -2.20. The van der Waals surface area contributed by atoms with Crippen LogP contribution in [0.4, 0.5) is 0 Å². The zero-order valence-electron chi connectivity index (χ0n) is 8.56. The highest BCUT2D eigenvalue weighted by atomic mass is 79.9. The minimum absolute atomic E-state index is 0.236. The number of aliphatic hydroxyl groups is 1. The number of fused-ring (bicyclic) bond motifs is 1. The van der Waals surface area contributed by atoms with Crippen molar-refractivity contribution in [2.24, 2.45) is 0 Å². The van der Waals surface area contributed by atoms with Crippen molar-refractivity contribution in [2.75, 3.05) is 0 Å². The molecule has 2 aromatic rings. The lowest BCUT2D eigenvalue weighted by molar-refractivity contribution is 0.144. The highest BCUT2D eigenvalue weighted by Gasteiger charge is 2.21. The molecule has 0 radical (unpaired) electrons. The van der Waals surface area contributed by atoms with Gasteiger partial charge in [-0.05, 0) is 34.5 Å². The summed E-state index contributed by atoms with van der Waals surface area (Å²) >= 11 is 3.28. The molecule has 4 nitrogen and oxygen atoms in total. The number of hydrogen-bond acceptors (Lipinski definition) is 3. The van der Waals surface area contributed by atoms with Crippen molar-refractivity contribution in [1.82, 2.24) is 9.55 Å². The van der Waals surface area contributed by atoms with Gasteiger partial charge >= 0.3 is 0 Å². The van der Waals surface area contributed by atoms with Crippen molar-refractivity contribution in [1.29, 1.82) is 0 Å². The van der Waals surface area contributed by atoms with Crippen LogP contribution < -0.4 is 0 Å². The molecule has 1 N–H and O–H groups in total. The van der Waals surface area contributed by atoms with Crippen molar-refractivity contribution in [3.63, 3.8) is 0 Å². The fourth-order valence-electron chi connectivity index (χ4n) is 2.08. The molecule has 1 unspecified atom stereocenters. The van der Waals surface area contributed by atoms with Crippen molar-refractivity contribution >= 4 is 15.9 Å². The normalized spacial score (nSPS) is 19.8. The van der Waals surface area contributed by atoms with Crippen LogP contribution in [0, 0.1) is 0 Å². The van der Waals surface area contributed by atoms with E-state index in [4.69, 9.17) is 4.42 Å². The zero-order valence-corrected chi connectivity index (χ0v) is 10.1. The smallest absolute Gasteiger partial charge is 0.176 e. The first-order valence-electron chi connectivity index (χ1n) is 5.22. The predicted octanol–water partition coefficient (Wildman–Crippen LogP) is 2.21. The summed E-state index contributed by atoms with van der Waals surface area (Å²) in [6.07, 6.45) is 3.03. The molecule has 0 aliphatic carbocycles. The van der Waals surface area contributed by atoms with E-state index in [-0.39, 0.29) is 6.10 Å². The minimum Gasteiger partial charge on any atom is -0.446 e. The number of aliphatic hydroxyl groups excluding tert-OH is 1. The molecule has 3 rings (SSSR count). The summed E-state index contributed by atoms with van der Waals surface area (Å²) in [5.41, 5.74) is 1.07. The molecule has 0 saturated heterocycles. The highest BCUT2D eigenvalue weighted by Crippen LogP contribution is 2.27. The SMILES string of the molecule is OC1CCn2c(cnc2-c2ccc(Br)o2)C1. The third-order valence-corrected chi connectivity index (χ3v) is 3.29. The van der Waals surface area contributed by atoms with E-state index in [2.05, 4.69) is 25.5 Å². The van der Waals surface area contributed by atoms with E-state index in [0.717, 1.165) is 30.2 Å². The van der Waals surface area contributed by atoms with Crippen LogP contribution in [0.2, 0.25) is 0 Å². The molecule has 84 valence electrons. The Bertz CT molecular complexity index is 518. The largest absolute Gasteiger partial charge is 0.446 e. The monoisotopic (exact) mass is 282 g/mol. The average molecular weight is 283 g/mol. The maximum absolute atomic E-state index is 9.57. The second-order valence-corrected chi connectivity index (χ2v) is 4.76. The molecule has 2 aromatic heterocycles. The van der Waals surface area contributed by atoms with Crippen LogP contribution in [0.5, 0.6) is 0 Å². The summed E-state index contributed by atoms with van der Waals surface area (Å²) in [7, 11) is 0. The maximum atomic E-state index is 9.57. The number of halogens is 1. The summed E-state index contributed by atoms with van der Waals surface area (Å²) in [5.74, 6) is 1.60. The summed E-state index contributed by atoms with van der Waals surface area (Å²) in [6.45, 7) is 0.796. The van der Waals surface area contributed by atoms with Crippen LogP contribution in [0.3, 0.4) is 0 Å². The quantitative estimate of drug-likeness (QED) is 0.873. The summed E-state index contributed by atoms with van der Waals surface area (Å²) in [5, 5.41) is 9.57. The standard InChI is InChI=1S/C11H11BrN2O2/c12-10-2-1-9(16-10)11-13-6-7-5-8(15)3-4-14(7)11/h1-2,6,8,15H,3-5H2. The molecule has 0 amide bonds. The van der Waals surface area contributed by atoms with Gasteiger partial charge in [-0.15, -0.1) is 0 Å². The molecule has 0 bridgehead atoms. The van der Waals surface area contributed by atoms with Gasteiger partial charge in [0.1, 0.15) is 0 Å². The van der Waals surface area contributed by atoms with Gasteiger partial charge < -0.3 is 14.1 Å². The van der Waals surface area contributed by atoms with Crippen molar-refractivity contribution in [2.45, 2.75) is 25.5 Å². The van der Waals surface area contributed by atoms with E-state index in [1.165, 1.54) is 0 Å². The Kier molecular flexibility index (Phi) is 2.37. The van der Waals surface area contributed by atoms with Gasteiger partial charge in [-0.1, -0.05) is 0 Å². The Morgan fingerprint density at radius 1 is 1.50 bits per heavy atom. The summed E-state index contributed by atoms with van der Waals surface area (Å²) < 4.78 is 8.31. The fourth-order valence-corrected chi connectivity index (χ4v) is 2.38. The first-order chi connectivity index (χ1) is 7.74. The van der Waals surface area contributed by atoms with E-state index >= 15 is 0 Å². The van der Waals surface area contributed by atoms with E-state index in [9.17, 15) is 5.11 Å². The lowest BCUT2D eigenvalue weighted by Crippen LogP contribution is -2.22. The predicted molar refractivity (Wildman–Crippen MR) is 62.0 cm³/mol. The van der Waals surface area contributed by atoms with Crippen molar-refractivity contribution in [3.8, 4) is 11.6 Å². The molecule has 1 aliphatic rings. The molecule has 0 aromatic carbocycles. The highest BCUT2D eigenvalue weighted by molar-refractivity contribution is 9.10. The number of nitrogens with zero attached hydrogens (tertiary/aromatic N) is 2. The third-order valence-electron chi connectivity index (χ3n) is 2.86. The maximum Gasteiger partial charge on any atom is 0.176 e. The van der Waals surface area contributed by atoms with Gasteiger partial charge in [0.05, 0.1) is 6.10 Å². The number of hydrogen-bond donors (Lipinski definition) is 1. The van der Waals surface area contributed by atoms with Crippen molar-refractivity contribution < 1.29 is 9.52 Å². The van der Waals surface area contributed by atoms with Gasteiger partial charge in [-0.2, -0.15) is 0 Å². The molecular weight excluding hydrogens is 272 g/mol. The van der Waals surface area contributed by atoms with Crippen LogP contribution >= 0.6 is 15.9 Å². The van der Waals surface area contributed by atoms with Gasteiger partial charge in [0.15, 0.2) is 16.3 Å². The Morgan fingerprint density at radius 2 is 2.38 bits per heavy atom. The Hall–Kier alpha value is -1.07. The van der Waals surface area contributed by atoms with Crippen molar-refractivity contribution in [3.05, 3.63) is 28.7 Å². The first-order valence-corrected chi connectivity index (χ1v) is 6.01.